The minimum Gasteiger partial charge on any atom is -0.381 e. The molecule has 9 nitrogen and oxygen atoms in total. The summed E-state index contributed by atoms with van der Waals surface area (Å²) >= 11 is 0. The molecule has 1 aliphatic rings. The molecule has 9 heteroatoms. The Morgan fingerprint density at radius 3 is 2.59 bits per heavy atom. The highest BCUT2D eigenvalue weighted by molar-refractivity contribution is 5.97. The molecule has 2 aromatic heterocycles. The highest BCUT2D eigenvalue weighted by Gasteiger charge is 2.28. The highest BCUT2D eigenvalue weighted by atomic mass is 16.3. The molecule has 0 bridgehead atoms. The summed E-state index contributed by atoms with van der Waals surface area (Å²) in [6.45, 7) is 2.88. The average Bonchev–Trinajstić information content (AvgIpc) is 3.24. The molecule has 32 heavy (non-hydrogen) atoms. The fourth-order valence-electron chi connectivity index (χ4n) is 3.64. The number of aliphatic hydroxyl groups excluding tert-OH is 1. The van der Waals surface area contributed by atoms with Crippen LogP contribution in [0.4, 0.5) is 0 Å². The maximum absolute atomic E-state index is 13.1. The Bertz CT molecular complexity index is 1080. The summed E-state index contributed by atoms with van der Waals surface area (Å²) in [5, 5.41) is 17.6. The quantitative estimate of drug-likeness (QED) is 0.454. The standard InChI is InChI=1S/C23H26N6O3/c24-21(31)20(30)19(14-16-6-2-1-3-7-16)26-23(32)18-8-4-10-25-22(18)29-13-9-17(27-29)15-28-11-5-12-28/h1-4,6-10,13,19-20,30H,5,11-12,14-15H2,(H2,24,31)(H,26,32)/t19-,20+/m1/s1. The minimum absolute atomic E-state index is 0.244. The number of hydrogen-bond acceptors (Lipinski definition) is 6. The molecule has 1 aromatic carbocycles. The Labute approximate surface area is 185 Å². The van der Waals surface area contributed by atoms with Crippen molar-refractivity contribution in [2.75, 3.05) is 13.1 Å². The zero-order valence-corrected chi connectivity index (χ0v) is 17.6. The molecule has 0 spiro atoms. The van der Waals surface area contributed by atoms with Crippen molar-refractivity contribution in [3.8, 4) is 5.82 Å². The molecule has 0 unspecified atom stereocenters. The summed E-state index contributed by atoms with van der Waals surface area (Å²) in [5.41, 5.74) is 7.34. The summed E-state index contributed by atoms with van der Waals surface area (Å²) in [6.07, 6.45) is 3.27. The molecule has 2 atom stereocenters. The van der Waals surface area contributed by atoms with E-state index < -0.39 is 24.0 Å². The van der Waals surface area contributed by atoms with Gasteiger partial charge in [-0.15, -0.1) is 0 Å². The molecule has 1 fully saturated rings. The van der Waals surface area contributed by atoms with Gasteiger partial charge < -0.3 is 16.2 Å². The molecule has 4 rings (SSSR count). The summed E-state index contributed by atoms with van der Waals surface area (Å²) < 4.78 is 1.57. The molecule has 0 aliphatic carbocycles. The normalized spacial score (nSPS) is 15.5. The van der Waals surface area contributed by atoms with Gasteiger partial charge in [0.15, 0.2) is 11.9 Å². The fraction of sp³-hybridized carbons (Fsp3) is 0.304. The highest BCUT2D eigenvalue weighted by Crippen LogP contribution is 2.15. The van der Waals surface area contributed by atoms with Gasteiger partial charge in [-0.2, -0.15) is 5.10 Å². The first-order valence-electron chi connectivity index (χ1n) is 10.6. The van der Waals surface area contributed by atoms with Crippen molar-refractivity contribution in [1.82, 2.24) is 25.0 Å². The van der Waals surface area contributed by atoms with E-state index in [0.717, 1.165) is 30.9 Å². The third-order valence-corrected chi connectivity index (χ3v) is 5.51. The second-order valence-corrected chi connectivity index (χ2v) is 7.87. The van der Waals surface area contributed by atoms with Crippen LogP contribution in [0.2, 0.25) is 0 Å². The molecule has 3 heterocycles. The minimum atomic E-state index is -1.54. The van der Waals surface area contributed by atoms with Crippen molar-refractivity contribution >= 4 is 11.8 Å². The number of benzene rings is 1. The van der Waals surface area contributed by atoms with Gasteiger partial charge in [-0.25, -0.2) is 9.67 Å². The Morgan fingerprint density at radius 2 is 1.91 bits per heavy atom. The van der Waals surface area contributed by atoms with Crippen LogP contribution in [0.5, 0.6) is 0 Å². The van der Waals surface area contributed by atoms with E-state index in [0.29, 0.717) is 5.82 Å². The maximum Gasteiger partial charge on any atom is 0.255 e. The van der Waals surface area contributed by atoms with Crippen molar-refractivity contribution in [2.45, 2.75) is 31.5 Å². The van der Waals surface area contributed by atoms with Crippen LogP contribution in [0.3, 0.4) is 0 Å². The van der Waals surface area contributed by atoms with Crippen molar-refractivity contribution in [3.63, 3.8) is 0 Å². The number of rotatable bonds is 9. The number of aromatic nitrogens is 3. The molecule has 0 saturated carbocycles. The van der Waals surface area contributed by atoms with Crippen LogP contribution >= 0.6 is 0 Å². The van der Waals surface area contributed by atoms with E-state index in [-0.39, 0.29) is 12.0 Å². The average molecular weight is 435 g/mol. The Balaban J connectivity index is 1.54. The first kappa shape index (κ1) is 21.7. The predicted octanol–water partition coefficient (Wildman–Crippen LogP) is 0.660. The number of amides is 2. The number of nitrogens with one attached hydrogen (secondary N) is 1. The molecule has 166 valence electrons. The number of nitrogens with two attached hydrogens (primary N) is 1. The van der Waals surface area contributed by atoms with Gasteiger partial charge in [0, 0.05) is 18.9 Å². The van der Waals surface area contributed by atoms with E-state index in [9.17, 15) is 14.7 Å². The number of carbonyl (C=O) groups is 2. The van der Waals surface area contributed by atoms with Crippen LogP contribution in [-0.2, 0) is 17.8 Å². The lowest BCUT2D eigenvalue weighted by atomic mass is 10.0. The Kier molecular flexibility index (Phi) is 6.58. The maximum atomic E-state index is 13.1. The van der Waals surface area contributed by atoms with Crippen molar-refractivity contribution in [1.29, 1.82) is 0 Å². The Hall–Kier alpha value is -3.56. The van der Waals surface area contributed by atoms with E-state index in [1.54, 1.807) is 29.2 Å². The topological polar surface area (TPSA) is 126 Å². The van der Waals surface area contributed by atoms with Gasteiger partial charge in [0.2, 0.25) is 5.91 Å². The lowest BCUT2D eigenvalue weighted by molar-refractivity contribution is -0.127. The molecule has 1 aliphatic heterocycles. The SMILES string of the molecule is NC(=O)[C@@H](O)[C@@H](Cc1ccccc1)NC(=O)c1cccnc1-n1ccc(CN2CCC2)n1. The predicted molar refractivity (Wildman–Crippen MR) is 118 cm³/mol. The molecule has 1 saturated heterocycles. The van der Waals surface area contributed by atoms with Crippen LogP contribution in [0.1, 0.15) is 28.0 Å². The number of hydrogen-bond donors (Lipinski definition) is 3. The monoisotopic (exact) mass is 434 g/mol. The second kappa shape index (κ2) is 9.71. The summed E-state index contributed by atoms with van der Waals surface area (Å²) in [6, 6.07) is 13.6. The van der Waals surface area contributed by atoms with Gasteiger partial charge in [-0.1, -0.05) is 30.3 Å². The van der Waals surface area contributed by atoms with E-state index in [1.807, 2.05) is 36.4 Å². The van der Waals surface area contributed by atoms with Gasteiger partial charge in [0.25, 0.3) is 5.91 Å². The number of likely N-dealkylation sites (tertiary alicyclic amines) is 1. The van der Waals surface area contributed by atoms with E-state index >= 15 is 0 Å². The molecular weight excluding hydrogens is 408 g/mol. The first-order chi connectivity index (χ1) is 15.5. The summed E-state index contributed by atoms with van der Waals surface area (Å²) in [4.78, 5) is 31.4. The number of pyridine rings is 1. The van der Waals surface area contributed by atoms with Gasteiger partial charge in [0.05, 0.1) is 17.3 Å². The third-order valence-electron chi connectivity index (χ3n) is 5.51. The molecule has 2 amide bonds. The van der Waals surface area contributed by atoms with E-state index in [1.165, 1.54) is 6.42 Å². The number of aliphatic hydroxyl groups is 1. The second-order valence-electron chi connectivity index (χ2n) is 7.87. The first-order valence-corrected chi connectivity index (χ1v) is 10.6. The van der Waals surface area contributed by atoms with Crippen LogP contribution in [-0.4, -0.2) is 61.8 Å². The molecule has 3 aromatic rings. The number of primary amides is 1. The zero-order chi connectivity index (χ0) is 22.5. The van der Waals surface area contributed by atoms with Crippen LogP contribution < -0.4 is 11.1 Å². The van der Waals surface area contributed by atoms with Crippen LogP contribution in [0, 0.1) is 0 Å². The van der Waals surface area contributed by atoms with Crippen molar-refractivity contribution in [3.05, 3.63) is 77.7 Å². The van der Waals surface area contributed by atoms with E-state index in [2.05, 4.69) is 20.3 Å². The molecular formula is C23H26N6O3. The molecule has 0 radical (unpaired) electrons. The van der Waals surface area contributed by atoms with Crippen molar-refractivity contribution < 1.29 is 14.7 Å². The number of nitrogens with zero attached hydrogens (tertiary/aromatic N) is 4. The van der Waals surface area contributed by atoms with Gasteiger partial charge in [-0.3, -0.25) is 14.5 Å². The fourth-order valence-corrected chi connectivity index (χ4v) is 3.64. The molecule has 4 N–H and O–H groups in total. The van der Waals surface area contributed by atoms with Crippen LogP contribution in [0.25, 0.3) is 5.82 Å². The smallest absolute Gasteiger partial charge is 0.255 e. The summed E-state index contributed by atoms with van der Waals surface area (Å²) in [7, 11) is 0. The van der Waals surface area contributed by atoms with Gasteiger partial charge >= 0.3 is 0 Å². The number of carbonyl (C=O) groups excluding carboxylic acids is 2. The third kappa shape index (κ3) is 5.01. The lowest BCUT2D eigenvalue weighted by Gasteiger charge is -2.29. The van der Waals surface area contributed by atoms with Gasteiger partial charge in [0.1, 0.15) is 0 Å². The zero-order valence-electron chi connectivity index (χ0n) is 17.6. The Morgan fingerprint density at radius 1 is 1.12 bits per heavy atom. The van der Waals surface area contributed by atoms with Crippen molar-refractivity contribution in [2.24, 2.45) is 5.73 Å². The summed E-state index contributed by atoms with van der Waals surface area (Å²) in [5.74, 6) is -1.01. The largest absolute Gasteiger partial charge is 0.381 e. The lowest BCUT2D eigenvalue weighted by Crippen LogP contribution is -2.50. The van der Waals surface area contributed by atoms with Crippen LogP contribution in [0.15, 0.2) is 60.9 Å². The van der Waals surface area contributed by atoms with E-state index in [4.69, 9.17) is 5.73 Å². The van der Waals surface area contributed by atoms with Gasteiger partial charge in [-0.05, 0) is 49.7 Å².